The van der Waals surface area contributed by atoms with Gasteiger partial charge in [-0.2, -0.15) is 0 Å². The van der Waals surface area contributed by atoms with E-state index in [2.05, 4.69) is 31.0 Å². The summed E-state index contributed by atoms with van der Waals surface area (Å²) < 4.78 is 0. The van der Waals surface area contributed by atoms with Gasteiger partial charge in [-0.15, -0.1) is 0 Å². The van der Waals surface area contributed by atoms with Gasteiger partial charge < -0.3 is 15.5 Å². The minimum absolute atomic E-state index is 0.155. The molecule has 1 unspecified atom stereocenters. The molecule has 0 aromatic carbocycles. The van der Waals surface area contributed by atoms with Gasteiger partial charge >= 0.3 is 0 Å². The van der Waals surface area contributed by atoms with Gasteiger partial charge in [-0.25, -0.2) is 0 Å². The first-order chi connectivity index (χ1) is 8.11. The molecule has 3 N–H and O–H groups in total. The summed E-state index contributed by atoms with van der Waals surface area (Å²) in [4.78, 5) is 2.14. The van der Waals surface area contributed by atoms with Crippen molar-refractivity contribution in [2.24, 2.45) is 5.41 Å². The first kappa shape index (κ1) is 16.8. The van der Waals surface area contributed by atoms with Crippen LogP contribution in [-0.2, 0) is 0 Å². The smallest absolute Gasteiger partial charge is 0.0558 e. The Kier molecular flexibility index (Phi) is 9.74. The zero-order valence-corrected chi connectivity index (χ0v) is 11.7. The van der Waals surface area contributed by atoms with Crippen molar-refractivity contribution in [3.8, 4) is 0 Å². The summed E-state index contributed by atoms with van der Waals surface area (Å²) in [7, 11) is 0. The molecule has 4 nitrogen and oxygen atoms in total. The molecule has 104 valence electrons. The summed E-state index contributed by atoms with van der Waals surface area (Å²) in [6.07, 6.45) is 2.24. The fourth-order valence-electron chi connectivity index (χ4n) is 1.95. The van der Waals surface area contributed by atoms with E-state index in [1.807, 2.05) is 0 Å². The zero-order valence-electron chi connectivity index (χ0n) is 11.7. The molecule has 4 heteroatoms. The number of aliphatic hydroxyl groups is 2. The van der Waals surface area contributed by atoms with Gasteiger partial charge in [-0.05, 0) is 24.8 Å². The second kappa shape index (κ2) is 9.83. The molecule has 0 aliphatic heterocycles. The molecule has 0 saturated heterocycles. The van der Waals surface area contributed by atoms with Crippen molar-refractivity contribution >= 4 is 0 Å². The highest BCUT2D eigenvalue weighted by Gasteiger charge is 2.24. The predicted molar refractivity (Wildman–Crippen MR) is 72.2 cm³/mol. The number of nitrogens with one attached hydrogen (secondary N) is 1. The average Bonchev–Trinajstić information content (AvgIpc) is 2.30. The molecule has 0 rings (SSSR count). The quantitative estimate of drug-likeness (QED) is 0.470. The third-order valence-electron chi connectivity index (χ3n) is 3.27. The highest BCUT2D eigenvalue weighted by Crippen LogP contribution is 2.21. The number of hydrogen-bond acceptors (Lipinski definition) is 4. The van der Waals surface area contributed by atoms with Crippen molar-refractivity contribution in [2.75, 3.05) is 45.9 Å². The molecule has 0 aliphatic rings. The molecule has 0 bridgehead atoms. The molecule has 0 spiro atoms. The lowest BCUT2D eigenvalue weighted by Gasteiger charge is -2.34. The Morgan fingerprint density at radius 2 is 1.71 bits per heavy atom. The Morgan fingerprint density at radius 1 is 1.12 bits per heavy atom. The van der Waals surface area contributed by atoms with Crippen LogP contribution < -0.4 is 5.32 Å². The first-order valence-electron chi connectivity index (χ1n) is 6.76. The van der Waals surface area contributed by atoms with Crippen molar-refractivity contribution in [2.45, 2.75) is 33.6 Å². The van der Waals surface area contributed by atoms with Gasteiger partial charge in [0.2, 0.25) is 0 Å². The number of rotatable bonds is 11. The molecule has 1 atom stereocenters. The lowest BCUT2D eigenvalue weighted by molar-refractivity contribution is 0.109. The molecular weight excluding hydrogens is 216 g/mol. The SMILES string of the molecule is CCCNCC(C)(CC)CN(CCO)CCO. The van der Waals surface area contributed by atoms with E-state index in [1.165, 1.54) is 0 Å². The van der Waals surface area contributed by atoms with Crippen LogP contribution in [0.2, 0.25) is 0 Å². The van der Waals surface area contributed by atoms with E-state index in [0.717, 1.165) is 32.5 Å². The summed E-state index contributed by atoms with van der Waals surface area (Å²) in [5, 5.41) is 21.5. The summed E-state index contributed by atoms with van der Waals surface area (Å²) in [5.41, 5.74) is 0.208. The van der Waals surface area contributed by atoms with Crippen molar-refractivity contribution < 1.29 is 10.2 Å². The van der Waals surface area contributed by atoms with E-state index in [9.17, 15) is 0 Å². The summed E-state index contributed by atoms with van der Waals surface area (Å²) in [6, 6.07) is 0. The highest BCUT2D eigenvalue weighted by atomic mass is 16.3. The van der Waals surface area contributed by atoms with Crippen LogP contribution in [0.5, 0.6) is 0 Å². The number of hydrogen-bond donors (Lipinski definition) is 3. The maximum atomic E-state index is 9.01. The fraction of sp³-hybridized carbons (Fsp3) is 1.00. The van der Waals surface area contributed by atoms with Gasteiger partial charge in [0.05, 0.1) is 13.2 Å². The molecule has 0 aromatic rings. The van der Waals surface area contributed by atoms with Gasteiger partial charge in [-0.3, -0.25) is 4.90 Å². The molecule has 0 aliphatic carbocycles. The summed E-state index contributed by atoms with van der Waals surface area (Å²) in [6.45, 7) is 11.2. The van der Waals surface area contributed by atoms with Crippen LogP contribution in [0.4, 0.5) is 0 Å². The van der Waals surface area contributed by atoms with E-state index >= 15 is 0 Å². The lowest BCUT2D eigenvalue weighted by atomic mass is 9.86. The molecule has 0 fully saturated rings. The Bertz CT molecular complexity index is 173. The van der Waals surface area contributed by atoms with E-state index in [-0.39, 0.29) is 18.6 Å². The second-order valence-corrected chi connectivity index (χ2v) is 5.06. The van der Waals surface area contributed by atoms with Crippen LogP contribution in [0, 0.1) is 5.41 Å². The van der Waals surface area contributed by atoms with E-state index < -0.39 is 0 Å². The van der Waals surface area contributed by atoms with E-state index in [1.54, 1.807) is 0 Å². The van der Waals surface area contributed by atoms with Crippen LogP contribution in [0.3, 0.4) is 0 Å². The van der Waals surface area contributed by atoms with Crippen molar-refractivity contribution in [1.29, 1.82) is 0 Å². The Labute approximate surface area is 106 Å². The third-order valence-corrected chi connectivity index (χ3v) is 3.27. The van der Waals surface area contributed by atoms with Gasteiger partial charge in [0, 0.05) is 26.2 Å². The minimum Gasteiger partial charge on any atom is -0.395 e. The topological polar surface area (TPSA) is 55.7 Å². The normalized spacial score (nSPS) is 15.2. The van der Waals surface area contributed by atoms with E-state index in [0.29, 0.717) is 13.1 Å². The summed E-state index contributed by atoms with van der Waals surface area (Å²) >= 11 is 0. The third kappa shape index (κ3) is 7.71. The van der Waals surface area contributed by atoms with Crippen LogP contribution >= 0.6 is 0 Å². The molecular formula is C13H30N2O2. The molecule has 0 radical (unpaired) electrons. The van der Waals surface area contributed by atoms with Crippen LogP contribution in [0.25, 0.3) is 0 Å². The van der Waals surface area contributed by atoms with Crippen molar-refractivity contribution in [1.82, 2.24) is 10.2 Å². The Hall–Kier alpha value is -0.160. The molecule has 0 heterocycles. The highest BCUT2D eigenvalue weighted by molar-refractivity contribution is 4.79. The zero-order chi connectivity index (χ0) is 13.1. The van der Waals surface area contributed by atoms with E-state index in [4.69, 9.17) is 10.2 Å². The van der Waals surface area contributed by atoms with Gasteiger partial charge in [0.1, 0.15) is 0 Å². The van der Waals surface area contributed by atoms with Gasteiger partial charge in [0.15, 0.2) is 0 Å². The molecule has 0 aromatic heterocycles. The first-order valence-corrected chi connectivity index (χ1v) is 6.76. The monoisotopic (exact) mass is 246 g/mol. The average molecular weight is 246 g/mol. The Balaban J connectivity index is 4.19. The van der Waals surface area contributed by atoms with Crippen molar-refractivity contribution in [3.05, 3.63) is 0 Å². The lowest BCUT2D eigenvalue weighted by Crippen LogP contribution is -2.44. The second-order valence-electron chi connectivity index (χ2n) is 5.06. The van der Waals surface area contributed by atoms with Crippen LogP contribution in [0.1, 0.15) is 33.6 Å². The summed E-state index contributed by atoms with van der Waals surface area (Å²) in [5.74, 6) is 0. The molecule has 0 saturated carbocycles. The maximum absolute atomic E-state index is 9.01. The van der Waals surface area contributed by atoms with Crippen LogP contribution in [0.15, 0.2) is 0 Å². The number of nitrogens with zero attached hydrogens (tertiary/aromatic N) is 1. The van der Waals surface area contributed by atoms with Crippen molar-refractivity contribution in [3.63, 3.8) is 0 Å². The molecule has 17 heavy (non-hydrogen) atoms. The standard InChI is InChI=1S/C13H30N2O2/c1-4-6-14-11-13(3,5-2)12-15(7-9-16)8-10-17/h14,16-17H,4-12H2,1-3H3. The number of aliphatic hydroxyl groups excluding tert-OH is 2. The van der Waals surface area contributed by atoms with Gasteiger partial charge in [0.25, 0.3) is 0 Å². The van der Waals surface area contributed by atoms with Crippen LogP contribution in [-0.4, -0.2) is 61.1 Å². The van der Waals surface area contributed by atoms with Gasteiger partial charge in [-0.1, -0.05) is 20.8 Å². The fourth-order valence-corrected chi connectivity index (χ4v) is 1.95. The largest absolute Gasteiger partial charge is 0.395 e. The Morgan fingerprint density at radius 3 is 2.12 bits per heavy atom. The molecule has 0 amide bonds. The predicted octanol–water partition coefficient (Wildman–Crippen LogP) is 0.689. The maximum Gasteiger partial charge on any atom is 0.0558 e. The minimum atomic E-state index is 0.155.